The number of nitrogens with zero attached hydrogens (tertiary/aromatic N) is 2. The Morgan fingerprint density at radius 3 is 2.41 bits per heavy atom. The van der Waals surface area contributed by atoms with Gasteiger partial charge in [-0.25, -0.2) is 9.38 Å². The average molecular weight is 291 g/mol. The molecule has 2 aromatic heterocycles. The maximum Gasteiger partial charge on any atom is 0.267 e. The number of aryl methyl sites for hydroxylation is 2. The number of rotatable bonds is 0. The highest BCUT2D eigenvalue weighted by atomic mass is 16.1. The molecule has 4 rings (SSSR count). The Kier molecular flexibility index (Phi) is 2.48. The lowest BCUT2D eigenvalue weighted by atomic mass is 10.1. The number of fused-ring (bicyclic) bond motifs is 4. The van der Waals surface area contributed by atoms with Crippen LogP contribution in [0.3, 0.4) is 0 Å². The van der Waals surface area contributed by atoms with Crippen molar-refractivity contribution in [1.82, 2.24) is 14.4 Å². The Balaban J connectivity index is 2.44. The van der Waals surface area contributed by atoms with Crippen molar-refractivity contribution in [3.05, 3.63) is 68.2 Å². The Morgan fingerprint density at radius 1 is 0.955 bits per heavy atom. The van der Waals surface area contributed by atoms with E-state index in [1.165, 1.54) is 4.40 Å². The molecule has 0 unspecified atom stereocenters. The first-order chi connectivity index (χ1) is 10.6. The van der Waals surface area contributed by atoms with Crippen LogP contribution in [0, 0.1) is 13.8 Å². The first kappa shape index (κ1) is 12.8. The van der Waals surface area contributed by atoms with Crippen molar-refractivity contribution in [2.24, 2.45) is 0 Å². The van der Waals surface area contributed by atoms with E-state index in [2.05, 4.69) is 9.97 Å². The molecule has 0 bridgehead atoms. The van der Waals surface area contributed by atoms with E-state index in [4.69, 9.17) is 0 Å². The van der Waals surface area contributed by atoms with E-state index in [1.807, 2.05) is 38.1 Å². The van der Waals surface area contributed by atoms with Gasteiger partial charge in [0.05, 0.1) is 21.8 Å². The molecule has 0 aliphatic carbocycles. The zero-order valence-corrected chi connectivity index (χ0v) is 12.2. The van der Waals surface area contributed by atoms with E-state index < -0.39 is 0 Å². The summed E-state index contributed by atoms with van der Waals surface area (Å²) >= 11 is 0. The molecule has 0 aliphatic heterocycles. The quantitative estimate of drug-likeness (QED) is 0.399. The van der Waals surface area contributed by atoms with E-state index in [1.54, 1.807) is 12.1 Å². The Labute approximate surface area is 124 Å². The summed E-state index contributed by atoms with van der Waals surface area (Å²) in [7, 11) is 0. The molecular weight excluding hydrogens is 278 g/mol. The van der Waals surface area contributed by atoms with Crippen molar-refractivity contribution < 1.29 is 0 Å². The summed E-state index contributed by atoms with van der Waals surface area (Å²) in [6, 6.07) is 10.9. The molecule has 22 heavy (non-hydrogen) atoms. The molecule has 0 fully saturated rings. The third-order valence-corrected chi connectivity index (χ3v) is 4.03. The Morgan fingerprint density at radius 2 is 1.64 bits per heavy atom. The fraction of sp³-hybridized carbons (Fsp3) is 0.118. The summed E-state index contributed by atoms with van der Waals surface area (Å²) in [5.74, 6) is 0.276. The standard InChI is InChI=1S/C17H13N3O2/c1-9-5-3-7-11-13(9)18-17-19-15(21)12-8-4-6-10(2)14(12)20(17)16(11)22/h3-8H,1-2H3,(H,18,19,21). The van der Waals surface area contributed by atoms with Crippen LogP contribution < -0.4 is 11.1 Å². The van der Waals surface area contributed by atoms with Crippen LogP contribution >= 0.6 is 0 Å². The van der Waals surface area contributed by atoms with Gasteiger partial charge < -0.3 is 0 Å². The smallest absolute Gasteiger partial charge is 0.267 e. The van der Waals surface area contributed by atoms with E-state index in [9.17, 15) is 9.59 Å². The highest BCUT2D eigenvalue weighted by molar-refractivity contribution is 5.87. The summed E-state index contributed by atoms with van der Waals surface area (Å²) in [4.78, 5) is 32.4. The van der Waals surface area contributed by atoms with Crippen LogP contribution in [0.4, 0.5) is 0 Å². The van der Waals surface area contributed by atoms with Crippen LogP contribution in [0.2, 0.25) is 0 Å². The van der Waals surface area contributed by atoms with Gasteiger partial charge in [0.2, 0.25) is 5.78 Å². The second-order valence-corrected chi connectivity index (χ2v) is 5.47. The van der Waals surface area contributed by atoms with Crippen LogP contribution in [0.15, 0.2) is 46.0 Å². The molecule has 4 aromatic rings. The van der Waals surface area contributed by atoms with Crippen molar-refractivity contribution in [1.29, 1.82) is 0 Å². The third-order valence-electron chi connectivity index (χ3n) is 4.03. The number of H-pyrrole nitrogens is 1. The summed E-state index contributed by atoms with van der Waals surface area (Å²) in [5.41, 5.74) is 2.60. The SMILES string of the molecule is Cc1cccc2c(=O)n3c(nc12)[nH]c(=O)c1cccc(C)c13. The van der Waals surface area contributed by atoms with Crippen molar-refractivity contribution >= 4 is 27.6 Å². The molecule has 2 heterocycles. The highest BCUT2D eigenvalue weighted by Gasteiger charge is 2.13. The number of aromatic amines is 1. The van der Waals surface area contributed by atoms with Crippen molar-refractivity contribution in [3.63, 3.8) is 0 Å². The number of benzene rings is 2. The van der Waals surface area contributed by atoms with Gasteiger partial charge in [-0.15, -0.1) is 0 Å². The third kappa shape index (κ3) is 1.56. The molecular formula is C17H13N3O2. The zero-order chi connectivity index (χ0) is 15.4. The van der Waals surface area contributed by atoms with Crippen LogP contribution in [0.5, 0.6) is 0 Å². The largest absolute Gasteiger partial charge is 0.291 e. The molecule has 2 aromatic carbocycles. The van der Waals surface area contributed by atoms with Gasteiger partial charge in [0, 0.05) is 0 Å². The Bertz CT molecular complexity index is 1190. The number of para-hydroxylation sites is 2. The first-order valence-electron chi connectivity index (χ1n) is 7.01. The van der Waals surface area contributed by atoms with Gasteiger partial charge in [-0.2, -0.15) is 0 Å². The molecule has 0 aliphatic rings. The minimum Gasteiger partial charge on any atom is -0.291 e. The van der Waals surface area contributed by atoms with Crippen LogP contribution in [0.25, 0.3) is 27.6 Å². The topological polar surface area (TPSA) is 67.2 Å². The first-order valence-corrected chi connectivity index (χ1v) is 7.01. The molecule has 0 saturated carbocycles. The van der Waals surface area contributed by atoms with Crippen molar-refractivity contribution in [3.8, 4) is 0 Å². The van der Waals surface area contributed by atoms with Gasteiger partial charge in [0.25, 0.3) is 11.1 Å². The van der Waals surface area contributed by atoms with Gasteiger partial charge in [-0.3, -0.25) is 14.6 Å². The summed E-state index contributed by atoms with van der Waals surface area (Å²) in [5, 5.41) is 1.04. The van der Waals surface area contributed by atoms with Crippen LogP contribution in [-0.2, 0) is 0 Å². The molecule has 0 spiro atoms. The molecule has 108 valence electrons. The van der Waals surface area contributed by atoms with E-state index in [0.29, 0.717) is 21.8 Å². The summed E-state index contributed by atoms with van der Waals surface area (Å²) in [6.07, 6.45) is 0. The van der Waals surface area contributed by atoms with E-state index in [0.717, 1.165) is 11.1 Å². The number of hydrogen-bond donors (Lipinski definition) is 1. The second-order valence-electron chi connectivity index (χ2n) is 5.47. The summed E-state index contributed by atoms with van der Waals surface area (Å²) in [6.45, 7) is 3.78. The fourth-order valence-corrected chi connectivity index (χ4v) is 2.95. The van der Waals surface area contributed by atoms with Crippen molar-refractivity contribution in [2.75, 3.05) is 0 Å². The van der Waals surface area contributed by atoms with Gasteiger partial charge in [0.1, 0.15) is 0 Å². The molecule has 5 nitrogen and oxygen atoms in total. The van der Waals surface area contributed by atoms with Gasteiger partial charge in [-0.1, -0.05) is 24.3 Å². The average Bonchev–Trinajstić information content (AvgIpc) is 2.49. The number of hydrogen-bond acceptors (Lipinski definition) is 3. The van der Waals surface area contributed by atoms with Gasteiger partial charge in [-0.05, 0) is 37.1 Å². The monoisotopic (exact) mass is 291 g/mol. The minimum atomic E-state index is -0.237. The highest BCUT2D eigenvalue weighted by Crippen LogP contribution is 2.17. The lowest BCUT2D eigenvalue weighted by Crippen LogP contribution is -2.22. The lowest BCUT2D eigenvalue weighted by Gasteiger charge is -2.09. The number of aromatic nitrogens is 3. The zero-order valence-electron chi connectivity index (χ0n) is 12.2. The van der Waals surface area contributed by atoms with Gasteiger partial charge in [0.15, 0.2) is 0 Å². The maximum absolute atomic E-state index is 12.9. The molecule has 0 saturated heterocycles. The normalized spacial score (nSPS) is 11.5. The van der Waals surface area contributed by atoms with Crippen LogP contribution in [-0.4, -0.2) is 14.4 Å². The molecule has 0 radical (unpaired) electrons. The molecule has 5 heteroatoms. The molecule has 0 amide bonds. The Hall–Kier alpha value is -2.95. The fourth-order valence-electron chi connectivity index (χ4n) is 2.95. The maximum atomic E-state index is 12.9. The lowest BCUT2D eigenvalue weighted by molar-refractivity contribution is 1.05. The predicted molar refractivity (Wildman–Crippen MR) is 86.6 cm³/mol. The van der Waals surface area contributed by atoms with E-state index >= 15 is 0 Å². The molecule has 0 atom stereocenters. The minimum absolute atomic E-state index is 0.167. The summed E-state index contributed by atoms with van der Waals surface area (Å²) < 4.78 is 1.49. The van der Waals surface area contributed by atoms with E-state index in [-0.39, 0.29) is 16.9 Å². The van der Waals surface area contributed by atoms with Crippen molar-refractivity contribution in [2.45, 2.75) is 13.8 Å². The predicted octanol–water partition coefficient (Wildman–Crippen LogP) is 2.31. The number of nitrogens with one attached hydrogen (secondary N) is 1. The van der Waals surface area contributed by atoms with Crippen LogP contribution in [0.1, 0.15) is 11.1 Å². The second kappa shape index (κ2) is 4.27. The van der Waals surface area contributed by atoms with Gasteiger partial charge >= 0.3 is 0 Å². The molecule has 1 N–H and O–H groups in total.